The molecule has 2 rings (SSSR count). The molecule has 148 valence electrons. The fraction of sp³-hybridized carbons (Fsp3) is 0.429. The van der Waals surface area contributed by atoms with Crippen LogP contribution in [0.5, 0.6) is 5.75 Å². The lowest BCUT2D eigenvalue weighted by Crippen LogP contribution is -3.09. The van der Waals surface area contributed by atoms with Crippen LogP contribution in [0.3, 0.4) is 0 Å². The predicted octanol–water partition coefficient (Wildman–Crippen LogP) is 0.675. The quantitative estimate of drug-likeness (QED) is 0.525. The first kappa shape index (κ1) is 21.7. The molecule has 5 nitrogen and oxygen atoms in total. The highest BCUT2D eigenvalue weighted by Crippen LogP contribution is 2.15. The van der Waals surface area contributed by atoms with Gasteiger partial charge in [-0.1, -0.05) is 23.7 Å². The molecule has 27 heavy (non-hydrogen) atoms. The molecule has 0 radical (unpaired) electrons. The maximum atomic E-state index is 10.2. The second kappa shape index (κ2) is 11.3. The zero-order valence-electron chi connectivity index (χ0n) is 16.3. The van der Waals surface area contributed by atoms with Crippen molar-refractivity contribution in [2.24, 2.45) is 0 Å². The van der Waals surface area contributed by atoms with Crippen molar-refractivity contribution < 1.29 is 24.8 Å². The number of ether oxygens (including phenoxy) is 2. The van der Waals surface area contributed by atoms with E-state index in [1.54, 1.807) is 7.11 Å². The molecular formula is C21H31ClN2O3+2. The van der Waals surface area contributed by atoms with Gasteiger partial charge < -0.3 is 24.8 Å². The number of hydrogen-bond acceptors (Lipinski definition) is 3. The molecule has 0 unspecified atom stereocenters. The Morgan fingerprint density at radius 3 is 2.30 bits per heavy atom. The third kappa shape index (κ3) is 7.48. The first-order valence-corrected chi connectivity index (χ1v) is 9.63. The highest BCUT2D eigenvalue weighted by Gasteiger charge is 2.20. The minimum absolute atomic E-state index is 0.321. The van der Waals surface area contributed by atoms with Gasteiger partial charge in [0.2, 0.25) is 0 Å². The maximum absolute atomic E-state index is 10.2. The molecule has 2 aromatic carbocycles. The molecule has 0 fully saturated rings. The van der Waals surface area contributed by atoms with Gasteiger partial charge in [-0.2, -0.15) is 0 Å². The third-order valence-electron chi connectivity index (χ3n) is 4.55. The summed E-state index contributed by atoms with van der Waals surface area (Å²) < 4.78 is 10.8. The summed E-state index contributed by atoms with van der Waals surface area (Å²) in [5, 5.41) is 13.0. The van der Waals surface area contributed by atoms with E-state index in [0.29, 0.717) is 30.8 Å². The first-order chi connectivity index (χ1) is 13.0. The van der Waals surface area contributed by atoms with Gasteiger partial charge in [0.25, 0.3) is 0 Å². The average Bonchev–Trinajstić information content (AvgIpc) is 2.67. The van der Waals surface area contributed by atoms with Crippen molar-refractivity contribution in [1.29, 1.82) is 0 Å². The van der Waals surface area contributed by atoms with Crippen molar-refractivity contribution in [1.82, 2.24) is 0 Å². The lowest BCUT2D eigenvalue weighted by molar-refractivity contribution is -0.909. The van der Waals surface area contributed by atoms with Crippen LogP contribution in [0.1, 0.15) is 17.2 Å². The smallest absolute Gasteiger partial charge is 0.162 e. The van der Waals surface area contributed by atoms with Gasteiger partial charge in [-0.25, -0.2) is 0 Å². The number of likely N-dealkylation sites (N-methyl/N-ethyl adjacent to an activating group) is 1. The zero-order valence-corrected chi connectivity index (χ0v) is 17.1. The summed E-state index contributed by atoms with van der Waals surface area (Å²) in [6.07, 6.45) is -0.494. The van der Waals surface area contributed by atoms with Crippen molar-refractivity contribution in [2.75, 3.05) is 40.9 Å². The zero-order chi connectivity index (χ0) is 19.6. The van der Waals surface area contributed by atoms with E-state index in [0.717, 1.165) is 17.9 Å². The minimum Gasteiger partial charge on any atom is -0.497 e. The average molecular weight is 395 g/mol. The molecule has 0 spiro atoms. The number of aliphatic hydroxyl groups is 1. The molecule has 0 aliphatic carbocycles. The second-order valence-corrected chi connectivity index (χ2v) is 7.40. The lowest BCUT2D eigenvalue weighted by Gasteiger charge is -2.21. The summed E-state index contributed by atoms with van der Waals surface area (Å²) in [6.45, 7) is 2.30. The molecule has 0 amide bonds. The number of quaternary nitrogens is 2. The Morgan fingerprint density at radius 1 is 1.04 bits per heavy atom. The molecule has 6 heteroatoms. The van der Waals surface area contributed by atoms with Crippen LogP contribution in [0.25, 0.3) is 0 Å². The number of nitrogens with one attached hydrogen (secondary N) is 1. The van der Waals surface area contributed by atoms with E-state index in [9.17, 15) is 5.11 Å². The van der Waals surface area contributed by atoms with E-state index in [4.69, 9.17) is 21.1 Å². The fourth-order valence-corrected chi connectivity index (χ4v) is 3.08. The van der Waals surface area contributed by atoms with E-state index in [1.807, 2.05) is 36.4 Å². The molecule has 2 aromatic rings. The number of methoxy groups -OCH3 is 1. The Labute approximate surface area is 166 Å². The van der Waals surface area contributed by atoms with E-state index >= 15 is 0 Å². The van der Waals surface area contributed by atoms with Crippen molar-refractivity contribution in [3.8, 4) is 5.75 Å². The maximum Gasteiger partial charge on any atom is 0.162 e. The minimum atomic E-state index is -0.494. The van der Waals surface area contributed by atoms with Gasteiger partial charge in [0.1, 0.15) is 24.9 Å². The molecule has 0 saturated heterocycles. The molecule has 0 bridgehead atoms. The Morgan fingerprint density at radius 2 is 1.70 bits per heavy atom. The Balaban J connectivity index is 1.72. The standard InChI is InChI=1S/C21H29ClN2O3/c1-24(2)21(17-6-10-20(26-3)11-7-17)13-23-12-19(25)15-27-14-16-4-8-18(22)9-5-16/h4-11,19,21,23,25H,12-15H2,1-3H3/p+2/t19-,21-/m0/s1. The molecule has 0 saturated carbocycles. The van der Waals surface area contributed by atoms with E-state index in [-0.39, 0.29) is 0 Å². The fourth-order valence-electron chi connectivity index (χ4n) is 2.96. The second-order valence-electron chi connectivity index (χ2n) is 6.96. The summed E-state index contributed by atoms with van der Waals surface area (Å²) in [5.41, 5.74) is 2.31. The van der Waals surface area contributed by atoms with Crippen molar-refractivity contribution >= 4 is 11.6 Å². The number of nitrogens with two attached hydrogens (primary N) is 1. The van der Waals surface area contributed by atoms with E-state index in [2.05, 4.69) is 31.5 Å². The molecule has 2 atom stereocenters. The van der Waals surface area contributed by atoms with Crippen LogP contribution in [0.2, 0.25) is 5.02 Å². The van der Waals surface area contributed by atoms with Crippen LogP contribution in [-0.4, -0.2) is 52.1 Å². The lowest BCUT2D eigenvalue weighted by atomic mass is 10.1. The highest BCUT2D eigenvalue weighted by atomic mass is 35.5. The van der Waals surface area contributed by atoms with Crippen LogP contribution in [-0.2, 0) is 11.3 Å². The van der Waals surface area contributed by atoms with Crippen LogP contribution in [0, 0.1) is 0 Å². The number of benzene rings is 2. The highest BCUT2D eigenvalue weighted by molar-refractivity contribution is 6.30. The summed E-state index contributed by atoms with van der Waals surface area (Å²) in [5.74, 6) is 0.864. The molecule has 0 heterocycles. The van der Waals surface area contributed by atoms with Crippen LogP contribution >= 0.6 is 11.6 Å². The Kier molecular flexibility index (Phi) is 9.04. The predicted molar refractivity (Wildman–Crippen MR) is 107 cm³/mol. The first-order valence-electron chi connectivity index (χ1n) is 9.25. The van der Waals surface area contributed by atoms with Gasteiger partial charge >= 0.3 is 0 Å². The van der Waals surface area contributed by atoms with Crippen molar-refractivity contribution in [2.45, 2.75) is 18.8 Å². The third-order valence-corrected chi connectivity index (χ3v) is 4.80. The SMILES string of the molecule is COc1ccc([C@H](C[NH2+]C[C@H](O)COCc2ccc(Cl)cc2)[NH+](C)C)cc1. The van der Waals surface area contributed by atoms with Crippen molar-refractivity contribution in [3.05, 3.63) is 64.7 Å². The monoisotopic (exact) mass is 394 g/mol. The van der Waals surface area contributed by atoms with Crippen LogP contribution < -0.4 is 15.0 Å². The van der Waals surface area contributed by atoms with Gasteiger partial charge in [0.15, 0.2) is 6.04 Å². The molecule has 0 aliphatic heterocycles. The van der Waals surface area contributed by atoms with Crippen LogP contribution in [0.15, 0.2) is 48.5 Å². The van der Waals surface area contributed by atoms with Gasteiger partial charge in [0, 0.05) is 10.6 Å². The van der Waals surface area contributed by atoms with Crippen molar-refractivity contribution in [3.63, 3.8) is 0 Å². The molecular weight excluding hydrogens is 364 g/mol. The van der Waals surface area contributed by atoms with Gasteiger partial charge in [-0.05, 0) is 42.0 Å². The largest absolute Gasteiger partial charge is 0.497 e. The normalized spacial score (nSPS) is 13.6. The van der Waals surface area contributed by atoms with Gasteiger partial charge in [-0.15, -0.1) is 0 Å². The van der Waals surface area contributed by atoms with E-state index in [1.165, 1.54) is 10.5 Å². The number of aliphatic hydroxyl groups excluding tert-OH is 1. The number of hydrogen-bond donors (Lipinski definition) is 3. The Hall–Kier alpha value is -1.63. The number of rotatable bonds is 11. The van der Waals surface area contributed by atoms with Gasteiger partial charge in [-0.3, -0.25) is 0 Å². The van der Waals surface area contributed by atoms with Gasteiger partial charge in [0.05, 0.1) is 34.4 Å². The molecule has 4 N–H and O–H groups in total. The number of halogens is 1. The van der Waals surface area contributed by atoms with E-state index < -0.39 is 6.10 Å². The summed E-state index contributed by atoms with van der Waals surface area (Å²) in [6, 6.07) is 16.1. The molecule has 0 aliphatic rings. The molecule has 0 aromatic heterocycles. The topological polar surface area (TPSA) is 59.7 Å². The summed E-state index contributed by atoms with van der Waals surface area (Å²) >= 11 is 5.87. The Bertz CT molecular complexity index is 662. The van der Waals surface area contributed by atoms with Crippen LogP contribution in [0.4, 0.5) is 0 Å². The summed E-state index contributed by atoms with van der Waals surface area (Å²) in [7, 11) is 5.97. The summed E-state index contributed by atoms with van der Waals surface area (Å²) in [4.78, 5) is 1.35.